The highest BCUT2D eigenvalue weighted by atomic mass is 32.2. The van der Waals surface area contributed by atoms with Crippen LogP contribution in [0, 0.1) is 5.92 Å². The quantitative estimate of drug-likeness (QED) is 0.345. The molecule has 2 aromatic rings. The number of hydrogen-bond acceptors (Lipinski definition) is 6. The van der Waals surface area contributed by atoms with Crippen molar-refractivity contribution >= 4 is 27.7 Å². The molecule has 0 bridgehead atoms. The van der Waals surface area contributed by atoms with Gasteiger partial charge in [0.2, 0.25) is 15.9 Å². The summed E-state index contributed by atoms with van der Waals surface area (Å²) >= 11 is 1.58. The van der Waals surface area contributed by atoms with E-state index >= 15 is 0 Å². The summed E-state index contributed by atoms with van der Waals surface area (Å²) < 4.78 is 29.6. The first-order chi connectivity index (χ1) is 15.4. The number of aromatic nitrogens is 3. The van der Waals surface area contributed by atoms with E-state index in [9.17, 15) is 13.2 Å². The summed E-state index contributed by atoms with van der Waals surface area (Å²) in [4.78, 5) is 12.3. The van der Waals surface area contributed by atoms with Gasteiger partial charge in [0.1, 0.15) is 5.82 Å². The second kappa shape index (κ2) is 12.0. The van der Waals surface area contributed by atoms with Crippen molar-refractivity contribution in [3.8, 4) is 0 Å². The Morgan fingerprint density at radius 3 is 2.36 bits per heavy atom. The van der Waals surface area contributed by atoms with Crippen molar-refractivity contribution in [1.82, 2.24) is 24.8 Å². The van der Waals surface area contributed by atoms with Crippen molar-refractivity contribution in [1.29, 1.82) is 0 Å². The van der Waals surface area contributed by atoms with Gasteiger partial charge in [0.15, 0.2) is 5.16 Å². The van der Waals surface area contributed by atoms with Crippen LogP contribution in [-0.2, 0) is 33.2 Å². The number of hydrogen-bond donors (Lipinski definition) is 2. The smallest absolute Gasteiger partial charge is 0.240 e. The van der Waals surface area contributed by atoms with E-state index in [-0.39, 0.29) is 29.2 Å². The van der Waals surface area contributed by atoms with Crippen LogP contribution in [0.2, 0.25) is 0 Å². The number of aryl methyl sites for hydroxylation is 1. The minimum absolute atomic E-state index is 0.0465. The molecule has 33 heavy (non-hydrogen) atoms. The largest absolute Gasteiger partial charge is 0.356 e. The van der Waals surface area contributed by atoms with Gasteiger partial charge in [0, 0.05) is 32.5 Å². The van der Waals surface area contributed by atoms with Crippen LogP contribution in [0.5, 0.6) is 0 Å². The third kappa shape index (κ3) is 8.42. The fraction of sp³-hybridized carbons (Fsp3) is 0.609. The lowest BCUT2D eigenvalue weighted by atomic mass is 9.87. The Hall–Kier alpha value is -1.91. The van der Waals surface area contributed by atoms with Gasteiger partial charge in [0.25, 0.3) is 0 Å². The summed E-state index contributed by atoms with van der Waals surface area (Å²) in [5, 5.41) is 12.3. The normalized spacial score (nSPS) is 12.3. The zero-order valence-corrected chi connectivity index (χ0v) is 22.1. The van der Waals surface area contributed by atoms with Crippen LogP contribution in [0.25, 0.3) is 0 Å². The highest BCUT2D eigenvalue weighted by Crippen LogP contribution is 2.23. The Bertz CT molecular complexity index is 1010. The third-order valence-electron chi connectivity index (χ3n) is 5.10. The highest BCUT2D eigenvalue weighted by molar-refractivity contribution is 7.98. The molecule has 1 heterocycles. The van der Waals surface area contributed by atoms with E-state index in [1.165, 1.54) is 0 Å². The maximum Gasteiger partial charge on any atom is 0.240 e. The maximum absolute atomic E-state index is 12.5. The Labute approximate surface area is 202 Å². The number of benzene rings is 1. The van der Waals surface area contributed by atoms with E-state index in [1.807, 2.05) is 18.4 Å². The second-order valence-electron chi connectivity index (χ2n) is 9.48. The zero-order valence-electron chi connectivity index (χ0n) is 20.5. The van der Waals surface area contributed by atoms with Gasteiger partial charge in [0.05, 0.1) is 4.90 Å². The minimum atomic E-state index is -3.64. The molecule has 2 rings (SSSR count). The minimum Gasteiger partial charge on any atom is -0.356 e. The summed E-state index contributed by atoms with van der Waals surface area (Å²) in [5.41, 5.74) is 1.02. The first kappa shape index (κ1) is 27.3. The zero-order chi connectivity index (χ0) is 24.6. The monoisotopic (exact) mass is 495 g/mol. The van der Waals surface area contributed by atoms with Crippen molar-refractivity contribution in [3.05, 3.63) is 35.7 Å². The van der Waals surface area contributed by atoms with Gasteiger partial charge in [-0.2, -0.15) is 0 Å². The predicted octanol–water partition coefficient (Wildman–Crippen LogP) is 3.37. The van der Waals surface area contributed by atoms with Gasteiger partial charge in [-0.05, 0) is 41.7 Å². The number of rotatable bonds is 12. The van der Waals surface area contributed by atoms with Crippen LogP contribution in [-0.4, -0.2) is 48.4 Å². The van der Waals surface area contributed by atoms with E-state index in [4.69, 9.17) is 0 Å². The Balaban J connectivity index is 1.75. The molecule has 0 saturated carbocycles. The summed E-state index contributed by atoms with van der Waals surface area (Å²) in [7, 11) is -3.64. The molecule has 2 N–H and O–H groups in total. The maximum atomic E-state index is 12.5. The molecular weight excluding hydrogens is 458 g/mol. The second-order valence-corrected chi connectivity index (χ2v) is 12.0. The molecule has 0 aliphatic heterocycles. The average Bonchev–Trinajstić information content (AvgIpc) is 3.11. The number of thioether (sulfide) groups is 1. The Morgan fingerprint density at radius 2 is 1.79 bits per heavy atom. The number of carbonyl (C=O) groups is 1. The van der Waals surface area contributed by atoms with E-state index in [1.54, 1.807) is 23.9 Å². The Morgan fingerprint density at radius 1 is 1.12 bits per heavy atom. The molecule has 0 spiro atoms. The molecular formula is C23H37N5O3S2. The number of sulfonamides is 1. The summed E-state index contributed by atoms with van der Waals surface area (Å²) in [5.74, 6) is 1.23. The lowest BCUT2D eigenvalue weighted by molar-refractivity contribution is -0.120. The van der Waals surface area contributed by atoms with Crippen molar-refractivity contribution in [2.75, 3.05) is 19.3 Å². The van der Waals surface area contributed by atoms with E-state index in [0.29, 0.717) is 12.5 Å². The topological polar surface area (TPSA) is 106 Å². The molecule has 0 unspecified atom stereocenters. The van der Waals surface area contributed by atoms with Crippen LogP contribution in [0.3, 0.4) is 0 Å². The van der Waals surface area contributed by atoms with Gasteiger partial charge in [-0.3, -0.25) is 4.79 Å². The van der Waals surface area contributed by atoms with Crippen LogP contribution < -0.4 is 10.0 Å². The van der Waals surface area contributed by atoms with Crippen LogP contribution >= 0.6 is 11.8 Å². The fourth-order valence-corrected chi connectivity index (χ4v) is 4.84. The fourth-order valence-electron chi connectivity index (χ4n) is 3.28. The van der Waals surface area contributed by atoms with Crippen LogP contribution in [0.15, 0.2) is 34.3 Å². The first-order valence-corrected chi connectivity index (χ1v) is 14.0. The Kier molecular flexibility index (Phi) is 9.93. The molecule has 8 nitrogen and oxygen atoms in total. The van der Waals surface area contributed by atoms with Gasteiger partial charge in [-0.15, -0.1) is 10.2 Å². The number of nitrogens with one attached hydrogen (secondary N) is 2. The van der Waals surface area contributed by atoms with Gasteiger partial charge in [-0.1, -0.05) is 58.5 Å². The van der Waals surface area contributed by atoms with E-state index in [2.05, 4.69) is 59.4 Å². The third-order valence-corrected chi connectivity index (χ3v) is 7.24. The lowest BCUT2D eigenvalue weighted by Crippen LogP contribution is -2.31. The van der Waals surface area contributed by atoms with Crippen LogP contribution in [0.1, 0.15) is 58.8 Å². The molecule has 10 heteroatoms. The van der Waals surface area contributed by atoms with Crippen molar-refractivity contribution < 1.29 is 13.2 Å². The molecule has 1 amide bonds. The van der Waals surface area contributed by atoms with Gasteiger partial charge >= 0.3 is 0 Å². The summed E-state index contributed by atoms with van der Waals surface area (Å²) in [6, 6.07) is 6.85. The molecule has 0 atom stereocenters. The highest BCUT2D eigenvalue weighted by Gasteiger charge is 2.18. The molecule has 184 valence electrons. The number of carbonyl (C=O) groups excluding carboxylic acids is 1. The molecule has 1 aromatic carbocycles. The number of amides is 1. The van der Waals surface area contributed by atoms with E-state index < -0.39 is 10.0 Å². The first-order valence-electron chi connectivity index (χ1n) is 11.3. The lowest BCUT2D eigenvalue weighted by Gasteiger charge is -2.19. The van der Waals surface area contributed by atoms with Crippen LogP contribution in [0.4, 0.5) is 0 Å². The molecule has 0 aliphatic rings. The molecule has 0 fully saturated rings. The summed E-state index contributed by atoms with van der Waals surface area (Å²) in [6.45, 7) is 12.0. The molecule has 0 aliphatic carbocycles. The van der Waals surface area contributed by atoms with Crippen molar-refractivity contribution in [2.45, 2.75) is 75.9 Å². The predicted molar refractivity (Wildman–Crippen MR) is 133 cm³/mol. The molecule has 0 radical (unpaired) electrons. The number of nitrogens with zero attached hydrogens (tertiary/aromatic N) is 3. The standard InChI is InChI=1S/C23H37N5O3S2/c1-17(2)16-28-20(26-27-22(28)32-6)8-7-14-24-21(29)13-15-25-33(30,31)19-11-9-18(10-12-19)23(3,4)5/h9-12,17,25H,7-8,13-16H2,1-6H3,(H,24,29). The van der Waals surface area contributed by atoms with Crippen molar-refractivity contribution in [3.63, 3.8) is 0 Å². The van der Waals surface area contributed by atoms with Gasteiger partial charge < -0.3 is 9.88 Å². The van der Waals surface area contributed by atoms with Gasteiger partial charge in [-0.25, -0.2) is 13.1 Å². The average molecular weight is 496 g/mol. The van der Waals surface area contributed by atoms with E-state index in [0.717, 1.165) is 35.9 Å². The molecule has 0 saturated heterocycles. The van der Waals surface area contributed by atoms with Crippen molar-refractivity contribution in [2.24, 2.45) is 5.92 Å². The SMILES string of the molecule is CSc1nnc(CCCNC(=O)CCNS(=O)(=O)c2ccc(C(C)(C)C)cc2)n1CC(C)C. The summed E-state index contributed by atoms with van der Waals surface area (Å²) in [6.07, 6.45) is 3.53. The molecule has 1 aromatic heterocycles.